The largest absolute Gasteiger partial charge is 0.515 e. The summed E-state index contributed by atoms with van der Waals surface area (Å²) in [5, 5.41) is 0. The van der Waals surface area contributed by atoms with Gasteiger partial charge in [0.2, 0.25) is 5.88 Å². The molecule has 0 bridgehead atoms. The maximum Gasteiger partial charge on any atom is 0.515 e. The van der Waals surface area contributed by atoms with Crippen molar-refractivity contribution in [3.63, 3.8) is 0 Å². The number of imidazole rings is 1. The van der Waals surface area contributed by atoms with Crippen LogP contribution in [0.25, 0.3) is 16.8 Å². The van der Waals surface area contributed by atoms with Gasteiger partial charge in [-0.05, 0) is 59.1 Å². The molecule has 0 N–H and O–H groups in total. The van der Waals surface area contributed by atoms with Crippen LogP contribution in [0.3, 0.4) is 0 Å². The van der Waals surface area contributed by atoms with Gasteiger partial charge < -0.3 is 18.1 Å². The van der Waals surface area contributed by atoms with Gasteiger partial charge in [-0.1, -0.05) is 41.5 Å². The number of pyridine rings is 1. The first-order chi connectivity index (χ1) is 14.2. The summed E-state index contributed by atoms with van der Waals surface area (Å²) in [5.74, 6) is 0.231. The second-order valence-corrected chi connectivity index (χ2v) is 14.5. The first-order valence-corrected chi connectivity index (χ1v) is 12.9. The van der Waals surface area contributed by atoms with Crippen LogP contribution < -0.4 is 4.74 Å². The van der Waals surface area contributed by atoms with Crippen LogP contribution in [0.5, 0.6) is 5.88 Å². The van der Waals surface area contributed by atoms with E-state index in [1.807, 2.05) is 16.7 Å². The third-order valence-electron chi connectivity index (χ3n) is 6.13. The van der Waals surface area contributed by atoms with E-state index in [0.29, 0.717) is 22.3 Å². The van der Waals surface area contributed by atoms with E-state index in [9.17, 15) is 4.79 Å². The second kappa shape index (κ2) is 8.68. The minimum atomic E-state index is -1.77. The fraction of sp³-hybridized carbons (Fsp3) is 0.478. The van der Waals surface area contributed by atoms with E-state index < -0.39 is 14.4 Å². The van der Waals surface area contributed by atoms with E-state index in [0.717, 1.165) is 5.56 Å². The summed E-state index contributed by atoms with van der Waals surface area (Å²) in [6.45, 7) is 16.2. The standard InChI is InChI=1S/C23H33N3O3Si/c1-8-28-23(27)29-22-15-25-13-19(9-10-21(25)24-22)20-11-12-26(14-20)30(16(2)3,17(4)5)18(6)7/h9-18H,8H2,1-7H3. The fourth-order valence-electron chi connectivity index (χ4n) is 5.12. The maximum atomic E-state index is 11.5. The summed E-state index contributed by atoms with van der Waals surface area (Å²) in [5.41, 5.74) is 4.90. The van der Waals surface area contributed by atoms with Crippen molar-refractivity contribution < 1.29 is 14.3 Å². The first kappa shape index (κ1) is 22.1. The van der Waals surface area contributed by atoms with Crippen LogP contribution in [0, 0.1) is 0 Å². The molecule has 0 saturated heterocycles. The molecule has 6 nitrogen and oxygen atoms in total. The van der Waals surface area contributed by atoms with Crippen molar-refractivity contribution in [3.8, 4) is 17.0 Å². The van der Waals surface area contributed by atoms with Gasteiger partial charge >= 0.3 is 6.16 Å². The minimum absolute atomic E-state index is 0.231. The van der Waals surface area contributed by atoms with Crippen LogP contribution in [0.2, 0.25) is 16.6 Å². The Hall–Kier alpha value is -2.54. The number of aromatic nitrogens is 3. The average molecular weight is 428 g/mol. The van der Waals surface area contributed by atoms with Crippen LogP contribution in [0.4, 0.5) is 4.79 Å². The van der Waals surface area contributed by atoms with Crippen molar-refractivity contribution in [3.05, 3.63) is 43.0 Å². The number of rotatable bonds is 7. The van der Waals surface area contributed by atoms with Crippen molar-refractivity contribution >= 4 is 20.0 Å². The number of fused-ring (bicyclic) bond motifs is 1. The molecular weight excluding hydrogens is 394 g/mol. The lowest BCUT2D eigenvalue weighted by molar-refractivity contribution is 0.103. The highest BCUT2D eigenvalue weighted by atomic mass is 28.3. The normalized spacial score (nSPS) is 12.3. The summed E-state index contributed by atoms with van der Waals surface area (Å²) >= 11 is 0. The summed E-state index contributed by atoms with van der Waals surface area (Å²) in [6.07, 6.45) is 7.54. The average Bonchev–Trinajstić information content (AvgIpc) is 3.27. The van der Waals surface area contributed by atoms with E-state index in [-0.39, 0.29) is 12.5 Å². The molecule has 0 saturated carbocycles. The van der Waals surface area contributed by atoms with E-state index in [1.165, 1.54) is 5.56 Å². The molecule has 0 fully saturated rings. The summed E-state index contributed by atoms with van der Waals surface area (Å²) < 4.78 is 14.4. The van der Waals surface area contributed by atoms with Gasteiger partial charge in [-0.15, -0.1) is 0 Å². The van der Waals surface area contributed by atoms with Crippen molar-refractivity contribution in [1.29, 1.82) is 0 Å². The van der Waals surface area contributed by atoms with Gasteiger partial charge in [0.1, 0.15) is 5.65 Å². The van der Waals surface area contributed by atoms with Crippen LogP contribution in [0.15, 0.2) is 43.0 Å². The zero-order chi connectivity index (χ0) is 22.1. The Labute approximate surface area is 179 Å². The molecule has 0 radical (unpaired) electrons. The van der Waals surface area contributed by atoms with Gasteiger partial charge in [0.15, 0.2) is 8.24 Å². The molecule has 3 aromatic rings. The maximum absolute atomic E-state index is 11.5. The number of carbonyl (C=O) groups is 1. The molecule has 0 aliphatic heterocycles. The van der Waals surface area contributed by atoms with Crippen LogP contribution >= 0.6 is 0 Å². The topological polar surface area (TPSA) is 57.8 Å². The van der Waals surface area contributed by atoms with Crippen molar-refractivity contribution in [2.24, 2.45) is 0 Å². The third kappa shape index (κ3) is 3.90. The van der Waals surface area contributed by atoms with Gasteiger partial charge in [-0.2, -0.15) is 4.98 Å². The number of hydrogen-bond acceptors (Lipinski definition) is 4. The highest BCUT2D eigenvalue weighted by Crippen LogP contribution is 2.43. The molecule has 162 valence electrons. The zero-order valence-corrected chi connectivity index (χ0v) is 20.0. The summed E-state index contributed by atoms with van der Waals surface area (Å²) in [7, 11) is -1.77. The second-order valence-electron chi connectivity index (χ2n) is 8.71. The van der Waals surface area contributed by atoms with Gasteiger partial charge in [0.25, 0.3) is 0 Å². The molecule has 0 aliphatic carbocycles. The molecule has 7 heteroatoms. The molecule has 0 unspecified atom stereocenters. The predicted octanol–water partition coefficient (Wildman–Crippen LogP) is 6.36. The Morgan fingerprint density at radius 2 is 1.60 bits per heavy atom. The molecular formula is C23H33N3O3Si. The number of hydrogen-bond donors (Lipinski definition) is 0. The summed E-state index contributed by atoms with van der Waals surface area (Å²) in [4.78, 5) is 15.9. The Bertz CT molecular complexity index is 998. The fourth-order valence-corrected chi connectivity index (χ4v) is 11.6. The number of nitrogens with zero attached hydrogens (tertiary/aromatic N) is 3. The van der Waals surface area contributed by atoms with Crippen LogP contribution in [0.1, 0.15) is 48.5 Å². The Balaban J connectivity index is 1.95. The molecule has 3 heterocycles. The zero-order valence-electron chi connectivity index (χ0n) is 19.0. The molecule has 0 amide bonds. The Kier molecular flexibility index (Phi) is 6.40. The highest BCUT2D eigenvalue weighted by molar-refractivity contribution is 6.82. The molecule has 3 rings (SSSR count). The SMILES string of the molecule is CCOC(=O)Oc1cn2cc(-c3ccn([Si](C(C)C)(C(C)C)C(C)C)c3)ccc2n1. The van der Waals surface area contributed by atoms with Gasteiger partial charge in [-0.25, -0.2) is 4.79 Å². The molecule has 0 atom stereocenters. The smallest absolute Gasteiger partial charge is 0.434 e. The van der Waals surface area contributed by atoms with Crippen molar-refractivity contribution in [1.82, 2.24) is 13.6 Å². The number of carbonyl (C=O) groups excluding carboxylic acids is 1. The quantitative estimate of drug-likeness (QED) is 0.325. The van der Waals surface area contributed by atoms with Crippen LogP contribution in [-0.4, -0.2) is 34.6 Å². The van der Waals surface area contributed by atoms with Crippen molar-refractivity contribution in [2.75, 3.05) is 6.61 Å². The van der Waals surface area contributed by atoms with E-state index in [4.69, 9.17) is 9.47 Å². The number of ether oxygens (including phenoxy) is 2. The van der Waals surface area contributed by atoms with E-state index in [1.54, 1.807) is 13.1 Å². The molecule has 3 aromatic heterocycles. The lowest BCUT2D eigenvalue weighted by Crippen LogP contribution is -2.51. The highest BCUT2D eigenvalue weighted by Gasteiger charge is 2.44. The molecule has 30 heavy (non-hydrogen) atoms. The third-order valence-corrected chi connectivity index (χ3v) is 12.8. The lowest BCUT2D eigenvalue weighted by Gasteiger charge is -2.44. The minimum Gasteiger partial charge on any atom is -0.434 e. The first-order valence-electron chi connectivity index (χ1n) is 10.7. The summed E-state index contributed by atoms with van der Waals surface area (Å²) in [6, 6.07) is 6.19. The Morgan fingerprint density at radius 1 is 0.967 bits per heavy atom. The molecule has 0 aliphatic rings. The van der Waals surface area contributed by atoms with E-state index >= 15 is 0 Å². The van der Waals surface area contributed by atoms with Gasteiger partial charge in [0.05, 0.1) is 12.8 Å². The Morgan fingerprint density at radius 3 is 2.20 bits per heavy atom. The molecule has 0 aromatic carbocycles. The lowest BCUT2D eigenvalue weighted by atomic mass is 10.1. The van der Waals surface area contributed by atoms with Gasteiger partial charge in [0, 0.05) is 12.4 Å². The van der Waals surface area contributed by atoms with Gasteiger partial charge in [-0.3, -0.25) is 0 Å². The predicted molar refractivity (Wildman–Crippen MR) is 123 cm³/mol. The molecule has 0 spiro atoms. The van der Waals surface area contributed by atoms with Crippen molar-refractivity contribution in [2.45, 2.75) is 65.1 Å². The van der Waals surface area contributed by atoms with E-state index in [2.05, 4.69) is 75.3 Å². The monoisotopic (exact) mass is 427 g/mol. The van der Waals surface area contributed by atoms with Crippen LogP contribution in [-0.2, 0) is 4.74 Å².